The minimum atomic E-state index is -1.11. The lowest BCUT2D eigenvalue weighted by Crippen LogP contribution is -2.01. The second-order valence-corrected chi connectivity index (χ2v) is 4.35. The predicted molar refractivity (Wildman–Crippen MR) is 71.4 cm³/mol. The summed E-state index contributed by atoms with van der Waals surface area (Å²) in [4.78, 5) is 27.1. The first-order valence-corrected chi connectivity index (χ1v) is 5.85. The molecule has 5 nitrogen and oxygen atoms in total. The van der Waals surface area contributed by atoms with Crippen LogP contribution in [0, 0.1) is 0 Å². The van der Waals surface area contributed by atoms with Gasteiger partial charge in [0, 0.05) is 23.5 Å². The van der Waals surface area contributed by atoms with Crippen molar-refractivity contribution >= 4 is 23.1 Å². The van der Waals surface area contributed by atoms with Crippen LogP contribution >= 0.6 is 0 Å². The van der Waals surface area contributed by atoms with Gasteiger partial charge < -0.3 is 10.2 Å². The lowest BCUT2D eigenvalue weighted by molar-refractivity contribution is 0.0696. The van der Waals surface area contributed by atoms with E-state index in [4.69, 9.17) is 5.11 Å². The van der Waals surface area contributed by atoms with Gasteiger partial charge >= 0.3 is 5.97 Å². The average molecular weight is 267 g/mol. The van der Waals surface area contributed by atoms with Crippen LogP contribution in [0.4, 0.5) is 0 Å². The number of allylic oxidation sites excluding steroid dienone is 1. The van der Waals surface area contributed by atoms with Crippen molar-refractivity contribution in [1.29, 1.82) is 0 Å². The van der Waals surface area contributed by atoms with Gasteiger partial charge in [-0.25, -0.2) is 4.79 Å². The van der Waals surface area contributed by atoms with E-state index in [0.29, 0.717) is 11.1 Å². The van der Waals surface area contributed by atoms with Crippen molar-refractivity contribution in [2.45, 2.75) is 0 Å². The molecule has 0 bridgehead atoms. The zero-order valence-corrected chi connectivity index (χ0v) is 10.2. The molecule has 1 aromatic heterocycles. The molecule has 5 heteroatoms. The Morgan fingerprint density at radius 1 is 1.05 bits per heavy atom. The number of hydrogen-bond donors (Lipinski definition) is 2. The number of hydrogen-bond acceptors (Lipinski definition) is 4. The third-order valence-electron chi connectivity index (χ3n) is 3.20. The summed E-state index contributed by atoms with van der Waals surface area (Å²) in [6, 6.07) is 7.31. The number of carbonyl (C=O) groups is 2. The SMILES string of the molecule is O=C(O)c1ccc2c(c1)C(O)=C(c1ccncc1)C2=O. The standard InChI is InChI=1S/C15H9NO4/c17-13-10-2-1-9(15(19)20)7-11(10)14(18)12(13)8-3-5-16-6-4-8/h1-7,18H,(H,19,20). The number of carboxylic acids is 1. The number of fused-ring (bicyclic) bond motifs is 1. The van der Waals surface area contributed by atoms with Crippen LogP contribution < -0.4 is 0 Å². The lowest BCUT2D eigenvalue weighted by Gasteiger charge is -2.00. The molecule has 0 fully saturated rings. The van der Waals surface area contributed by atoms with E-state index in [1.165, 1.54) is 30.6 Å². The van der Waals surface area contributed by atoms with E-state index in [-0.39, 0.29) is 28.2 Å². The maximum atomic E-state index is 12.3. The van der Waals surface area contributed by atoms with E-state index in [9.17, 15) is 14.7 Å². The largest absolute Gasteiger partial charge is 0.507 e. The molecule has 1 aliphatic carbocycles. The molecule has 1 aromatic carbocycles. The van der Waals surface area contributed by atoms with Gasteiger partial charge in [0.05, 0.1) is 11.1 Å². The number of aromatic carboxylic acids is 1. The number of benzene rings is 1. The molecule has 3 rings (SSSR count). The molecule has 0 spiro atoms. The summed E-state index contributed by atoms with van der Waals surface area (Å²) in [5.74, 6) is -1.62. The summed E-state index contributed by atoms with van der Waals surface area (Å²) >= 11 is 0. The van der Waals surface area contributed by atoms with Crippen molar-refractivity contribution in [3.05, 3.63) is 65.0 Å². The molecule has 0 aliphatic heterocycles. The van der Waals surface area contributed by atoms with Crippen molar-refractivity contribution in [2.75, 3.05) is 0 Å². The van der Waals surface area contributed by atoms with E-state index >= 15 is 0 Å². The molecule has 0 amide bonds. The van der Waals surface area contributed by atoms with Crippen molar-refractivity contribution < 1.29 is 19.8 Å². The van der Waals surface area contributed by atoms with Gasteiger partial charge in [0.1, 0.15) is 5.76 Å². The summed E-state index contributed by atoms with van der Waals surface area (Å²) in [7, 11) is 0. The van der Waals surface area contributed by atoms with Crippen LogP contribution in [0.5, 0.6) is 0 Å². The van der Waals surface area contributed by atoms with Gasteiger partial charge in [-0.05, 0) is 35.9 Å². The number of rotatable bonds is 2. The summed E-state index contributed by atoms with van der Waals surface area (Å²) in [5, 5.41) is 19.2. The number of nitrogens with zero attached hydrogens (tertiary/aromatic N) is 1. The first-order chi connectivity index (χ1) is 9.59. The van der Waals surface area contributed by atoms with Gasteiger partial charge in [-0.15, -0.1) is 0 Å². The zero-order valence-electron chi connectivity index (χ0n) is 10.2. The molecule has 20 heavy (non-hydrogen) atoms. The zero-order chi connectivity index (χ0) is 14.3. The molecule has 0 atom stereocenters. The van der Waals surface area contributed by atoms with Crippen molar-refractivity contribution in [3.8, 4) is 0 Å². The van der Waals surface area contributed by atoms with Crippen LogP contribution in [0.15, 0.2) is 42.7 Å². The number of aliphatic hydroxyl groups is 1. The van der Waals surface area contributed by atoms with Crippen molar-refractivity contribution in [2.24, 2.45) is 0 Å². The Hall–Kier alpha value is -2.95. The maximum absolute atomic E-state index is 12.3. The van der Waals surface area contributed by atoms with Crippen LogP contribution in [-0.2, 0) is 0 Å². The highest BCUT2D eigenvalue weighted by atomic mass is 16.4. The Labute approximate surface area is 113 Å². The van der Waals surface area contributed by atoms with Crippen LogP contribution in [0.1, 0.15) is 31.8 Å². The Bertz CT molecular complexity index is 763. The highest BCUT2D eigenvalue weighted by molar-refractivity contribution is 6.39. The van der Waals surface area contributed by atoms with Crippen LogP contribution in [0.2, 0.25) is 0 Å². The summed E-state index contributed by atoms with van der Waals surface area (Å²) in [6.45, 7) is 0. The molecule has 0 unspecified atom stereocenters. The normalized spacial score (nSPS) is 13.5. The fourth-order valence-corrected chi connectivity index (χ4v) is 2.23. The molecule has 98 valence electrons. The fourth-order valence-electron chi connectivity index (χ4n) is 2.23. The van der Waals surface area contributed by atoms with E-state index < -0.39 is 5.97 Å². The van der Waals surface area contributed by atoms with E-state index in [0.717, 1.165) is 0 Å². The Morgan fingerprint density at radius 3 is 2.40 bits per heavy atom. The predicted octanol–water partition coefficient (Wildman–Crippen LogP) is 2.40. The minimum Gasteiger partial charge on any atom is -0.507 e. The summed E-state index contributed by atoms with van der Waals surface area (Å²) in [6.07, 6.45) is 3.04. The quantitative estimate of drug-likeness (QED) is 0.872. The molecule has 0 saturated carbocycles. The molecule has 2 N–H and O–H groups in total. The van der Waals surface area contributed by atoms with E-state index in [1.807, 2.05) is 0 Å². The molecule has 2 aromatic rings. The third-order valence-corrected chi connectivity index (χ3v) is 3.20. The third kappa shape index (κ3) is 1.68. The topological polar surface area (TPSA) is 87.5 Å². The Balaban J connectivity index is 2.19. The number of carbonyl (C=O) groups excluding carboxylic acids is 1. The van der Waals surface area contributed by atoms with E-state index in [2.05, 4.69) is 4.98 Å². The number of carboxylic acid groups (broad SMARTS) is 1. The number of pyridine rings is 1. The Kier molecular flexibility index (Phi) is 2.61. The fraction of sp³-hybridized carbons (Fsp3) is 0. The molecule has 0 radical (unpaired) electrons. The monoisotopic (exact) mass is 267 g/mol. The minimum absolute atomic E-state index is 0.0269. The highest BCUT2D eigenvalue weighted by Crippen LogP contribution is 2.36. The second-order valence-electron chi connectivity index (χ2n) is 4.35. The number of aromatic nitrogens is 1. The first kappa shape index (κ1) is 12.1. The maximum Gasteiger partial charge on any atom is 0.335 e. The van der Waals surface area contributed by atoms with Gasteiger partial charge in [0.2, 0.25) is 0 Å². The molecule has 1 heterocycles. The molecular weight excluding hydrogens is 258 g/mol. The van der Waals surface area contributed by atoms with Crippen LogP contribution in [0.3, 0.4) is 0 Å². The highest BCUT2D eigenvalue weighted by Gasteiger charge is 2.31. The molecular formula is C15H9NO4. The lowest BCUT2D eigenvalue weighted by atomic mass is 10.0. The second kappa shape index (κ2) is 4.31. The van der Waals surface area contributed by atoms with E-state index in [1.54, 1.807) is 12.1 Å². The van der Waals surface area contributed by atoms with Crippen molar-refractivity contribution in [3.63, 3.8) is 0 Å². The van der Waals surface area contributed by atoms with Crippen LogP contribution in [0.25, 0.3) is 11.3 Å². The number of ketones is 1. The van der Waals surface area contributed by atoms with Crippen molar-refractivity contribution in [1.82, 2.24) is 4.98 Å². The smallest absolute Gasteiger partial charge is 0.335 e. The van der Waals surface area contributed by atoms with Gasteiger partial charge in [0.15, 0.2) is 5.78 Å². The van der Waals surface area contributed by atoms with Gasteiger partial charge in [0.25, 0.3) is 0 Å². The number of Topliss-reactive ketones (excluding diaryl/α,β-unsaturated/α-hetero) is 1. The van der Waals surface area contributed by atoms with Crippen LogP contribution in [-0.4, -0.2) is 26.9 Å². The molecule has 0 saturated heterocycles. The van der Waals surface area contributed by atoms with Gasteiger partial charge in [-0.2, -0.15) is 0 Å². The Morgan fingerprint density at radius 2 is 1.75 bits per heavy atom. The van der Waals surface area contributed by atoms with Gasteiger partial charge in [-0.3, -0.25) is 9.78 Å². The first-order valence-electron chi connectivity index (χ1n) is 5.85. The summed E-state index contributed by atoms with van der Waals surface area (Å²) < 4.78 is 0. The molecule has 1 aliphatic rings. The summed E-state index contributed by atoms with van der Waals surface area (Å²) in [5.41, 5.74) is 1.31. The average Bonchev–Trinajstić information content (AvgIpc) is 2.71. The number of aliphatic hydroxyl groups excluding tert-OH is 1. The van der Waals surface area contributed by atoms with Gasteiger partial charge in [-0.1, -0.05) is 0 Å².